The van der Waals surface area contributed by atoms with Crippen LogP contribution in [0, 0.1) is 0 Å². The highest BCUT2D eigenvalue weighted by molar-refractivity contribution is 7.10. The summed E-state index contributed by atoms with van der Waals surface area (Å²) >= 11 is 1.44. The first-order valence-corrected chi connectivity index (χ1v) is 7.37. The summed E-state index contributed by atoms with van der Waals surface area (Å²) in [4.78, 5) is 23.9. The van der Waals surface area contributed by atoms with E-state index in [0.29, 0.717) is 30.0 Å². The number of thiophene rings is 1. The molecular formula is C15H16N2O3S. The zero-order valence-corrected chi connectivity index (χ0v) is 12.4. The molecule has 0 radical (unpaired) electrons. The molecule has 0 aliphatic rings. The van der Waals surface area contributed by atoms with Crippen LogP contribution in [0.5, 0.6) is 0 Å². The number of amides is 1. The van der Waals surface area contributed by atoms with Gasteiger partial charge in [-0.05, 0) is 25.1 Å². The Hall–Kier alpha value is -2.34. The molecule has 0 aliphatic heterocycles. The number of nitrogens with two attached hydrogens (primary N) is 1. The number of carbonyl (C=O) groups is 2. The second kappa shape index (κ2) is 6.90. The van der Waals surface area contributed by atoms with Crippen molar-refractivity contribution >= 4 is 28.9 Å². The van der Waals surface area contributed by atoms with Crippen LogP contribution in [0.1, 0.15) is 32.5 Å². The number of benzene rings is 1. The first kappa shape index (κ1) is 15.1. The summed E-state index contributed by atoms with van der Waals surface area (Å²) < 4.78 is 5.02. The van der Waals surface area contributed by atoms with Crippen molar-refractivity contribution in [1.82, 2.24) is 0 Å². The lowest BCUT2D eigenvalue weighted by Crippen LogP contribution is -2.10. The number of esters is 1. The Labute approximate surface area is 126 Å². The number of primary amides is 1. The molecule has 0 saturated carbocycles. The topological polar surface area (TPSA) is 81.4 Å². The Morgan fingerprint density at radius 2 is 2.10 bits per heavy atom. The molecule has 0 spiro atoms. The number of hydrogen-bond donors (Lipinski definition) is 2. The molecule has 1 aromatic carbocycles. The molecule has 0 bridgehead atoms. The Balaban J connectivity index is 2.09. The third-order valence-electron chi connectivity index (χ3n) is 2.81. The average Bonchev–Trinajstić information content (AvgIpc) is 2.95. The maximum atomic E-state index is 11.8. The summed E-state index contributed by atoms with van der Waals surface area (Å²) in [5.74, 6) is -0.797. The average molecular weight is 304 g/mol. The summed E-state index contributed by atoms with van der Waals surface area (Å²) in [6.07, 6.45) is 0. The van der Waals surface area contributed by atoms with Gasteiger partial charge in [-0.2, -0.15) is 0 Å². The van der Waals surface area contributed by atoms with Crippen LogP contribution in [0.4, 0.5) is 5.69 Å². The molecule has 2 aromatic rings. The van der Waals surface area contributed by atoms with Gasteiger partial charge in [0.1, 0.15) is 0 Å². The summed E-state index contributed by atoms with van der Waals surface area (Å²) in [7, 11) is 0. The van der Waals surface area contributed by atoms with Gasteiger partial charge in [-0.3, -0.25) is 4.79 Å². The highest BCUT2D eigenvalue weighted by Gasteiger charge is 2.12. The molecule has 0 atom stereocenters. The maximum Gasteiger partial charge on any atom is 0.340 e. The van der Waals surface area contributed by atoms with Crippen LogP contribution in [0.2, 0.25) is 0 Å². The van der Waals surface area contributed by atoms with Gasteiger partial charge in [0, 0.05) is 22.5 Å². The molecule has 21 heavy (non-hydrogen) atoms. The molecule has 0 saturated heterocycles. The molecule has 1 aromatic heterocycles. The lowest BCUT2D eigenvalue weighted by atomic mass is 10.2. The van der Waals surface area contributed by atoms with E-state index >= 15 is 0 Å². The highest BCUT2D eigenvalue weighted by atomic mass is 32.1. The second-order valence-electron chi connectivity index (χ2n) is 4.29. The van der Waals surface area contributed by atoms with Crippen molar-refractivity contribution in [2.75, 3.05) is 11.9 Å². The first-order valence-electron chi connectivity index (χ1n) is 6.49. The van der Waals surface area contributed by atoms with Gasteiger partial charge in [0.05, 0.1) is 17.7 Å². The van der Waals surface area contributed by atoms with Crippen molar-refractivity contribution in [2.45, 2.75) is 13.5 Å². The minimum absolute atomic E-state index is 0.333. The van der Waals surface area contributed by atoms with Crippen molar-refractivity contribution in [2.24, 2.45) is 5.73 Å². The number of ether oxygens (including phenoxy) is 1. The fourth-order valence-corrected chi connectivity index (χ4v) is 2.62. The Morgan fingerprint density at radius 3 is 2.76 bits per heavy atom. The van der Waals surface area contributed by atoms with Crippen molar-refractivity contribution in [3.8, 4) is 0 Å². The van der Waals surface area contributed by atoms with E-state index in [9.17, 15) is 9.59 Å². The van der Waals surface area contributed by atoms with Crippen molar-refractivity contribution < 1.29 is 14.3 Å². The minimum atomic E-state index is -0.440. The smallest absolute Gasteiger partial charge is 0.340 e. The van der Waals surface area contributed by atoms with E-state index in [4.69, 9.17) is 10.5 Å². The van der Waals surface area contributed by atoms with Crippen LogP contribution < -0.4 is 11.1 Å². The molecule has 1 amide bonds. The van der Waals surface area contributed by atoms with Crippen molar-refractivity contribution in [3.63, 3.8) is 0 Å². The molecule has 0 aliphatic carbocycles. The van der Waals surface area contributed by atoms with E-state index in [1.165, 1.54) is 11.3 Å². The molecule has 0 fully saturated rings. The zero-order chi connectivity index (χ0) is 15.2. The van der Waals surface area contributed by atoms with E-state index < -0.39 is 5.91 Å². The van der Waals surface area contributed by atoms with E-state index in [0.717, 1.165) is 4.88 Å². The van der Waals surface area contributed by atoms with Crippen LogP contribution in [-0.4, -0.2) is 18.5 Å². The van der Waals surface area contributed by atoms with Gasteiger partial charge in [-0.15, -0.1) is 11.3 Å². The standard InChI is InChI=1S/C15H16N2O3S/c1-2-20-15(19)12-5-3-4-6-13(12)17-8-11-7-10(9-21-11)14(16)18/h3-7,9,17H,2,8H2,1H3,(H2,16,18). The number of para-hydroxylation sites is 1. The third-order valence-corrected chi connectivity index (χ3v) is 3.75. The summed E-state index contributed by atoms with van der Waals surface area (Å²) in [6, 6.07) is 8.90. The van der Waals surface area contributed by atoms with Gasteiger partial charge in [0.25, 0.3) is 0 Å². The molecule has 1 heterocycles. The summed E-state index contributed by atoms with van der Waals surface area (Å²) in [6.45, 7) is 2.61. The van der Waals surface area contributed by atoms with E-state index in [1.54, 1.807) is 30.5 Å². The molecular weight excluding hydrogens is 288 g/mol. The van der Waals surface area contributed by atoms with Gasteiger partial charge in [0.2, 0.25) is 5.91 Å². The van der Waals surface area contributed by atoms with Crippen LogP contribution in [0.3, 0.4) is 0 Å². The number of nitrogens with one attached hydrogen (secondary N) is 1. The van der Waals surface area contributed by atoms with Gasteiger partial charge in [-0.1, -0.05) is 12.1 Å². The fourth-order valence-electron chi connectivity index (χ4n) is 1.81. The van der Waals surface area contributed by atoms with Gasteiger partial charge < -0.3 is 15.8 Å². The lowest BCUT2D eigenvalue weighted by molar-refractivity contribution is 0.0527. The summed E-state index contributed by atoms with van der Waals surface area (Å²) in [5, 5.41) is 4.90. The van der Waals surface area contributed by atoms with E-state index in [1.807, 2.05) is 12.1 Å². The van der Waals surface area contributed by atoms with Crippen LogP contribution in [0.25, 0.3) is 0 Å². The van der Waals surface area contributed by atoms with E-state index in [-0.39, 0.29) is 5.97 Å². The SMILES string of the molecule is CCOC(=O)c1ccccc1NCc1cc(C(N)=O)cs1. The predicted molar refractivity (Wildman–Crippen MR) is 82.6 cm³/mol. The fraction of sp³-hybridized carbons (Fsp3) is 0.200. The highest BCUT2D eigenvalue weighted by Crippen LogP contribution is 2.20. The van der Waals surface area contributed by atoms with Crippen LogP contribution >= 0.6 is 11.3 Å². The van der Waals surface area contributed by atoms with E-state index in [2.05, 4.69) is 5.32 Å². The maximum absolute atomic E-state index is 11.8. The number of carbonyl (C=O) groups excluding carboxylic acids is 2. The Kier molecular flexibility index (Phi) is 4.94. The Morgan fingerprint density at radius 1 is 1.33 bits per heavy atom. The quantitative estimate of drug-likeness (QED) is 0.804. The molecule has 6 heteroatoms. The molecule has 110 valence electrons. The Bertz CT molecular complexity index is 652. The third kappa shape index (κ3) is 3.82. The van der Waals surface area contributed by atoms with Gasteiger partial charge in [0.15, 0.2) is 0 Å². The predicted octanol–water partition coefficient (Wildman–Crippen LogP) is 2.64. The molecule has 5 nitrogen and oxygen atoms in total. The zero-order valence-electron chi connectivity index (χ0n) is 11.6. The van der Waals surface area contributed by atoms with Crippen LogP contribution in [-0.2, 0) is 11.3 Å². The van der Waals surface area contributed by atoms with Gasteiger partial charge >= 0.3 is 5.97 Å². The minimum Gasteiger partial charge on any atom is -0.462 e. The number of hydrogen-bond acceptors (Lipinski definition) is 5. The molecule has 2 rings (SSSR count). The lowest BCUT2D eigenvalue weighted by Gasteiger charge is -2.10. The van der Waals surface area contributed by atoms with Crippen molar-refractivity contribution in [3.05, 3.63) is 51.7 Å². The second-order valence-corrected chi connectivity index (χ2v) is 5.28. The molecule has 3 N–H and O–H groups in total. The molecule has 0 unspecified atom stereocenters. The largest absolute Gasteiger partial charge is 0.462 e. The van der Waals surface area contributed by atoms with Crippen molar-refractivity contribution in [1.29, 1.82) is 0 Å². The van der Waals surface area contributed by atoms with Gasteiger partial charge in [-0.25, -0.2) is 4.79 Å². The van der Waals surface area contributed by atoms with Crippen LogP contribution in [0.15, 0.2) is 35.7 Å². The first-order chi connectivity index (χ1) is 10.1. The normalized spacial score (nSPS) is 10.1. The monoisotopic (exact) mass is 304 g/mol. The summed E-state index contributed by atoms with van der Waals surface area (Å²) in [5.41, 5.74) is 6.90. The number of anilines is 1. The number of rotatable bonds is 6.